The van der Waals surface area contributed by atoms with Crippen molar-refractivity contribution in [2.45, 2.75) is 6.04 Å². The van der Waals surface area contributed by atoms with E-state index in [0.29, 0.717) is 5.56 Å². The second kappa shape index (κ2) is 9.71. The molecule has 3 rings (SSSR count). The number of hydrogen-bond acceptors (Lipinski definition) is 4. The summed E-state index contributed by atoms with van der Waals surface area (Å²) in [7, 11) is 3.25. The van der Waals surface area contributed by atoms with E-state index in [4.69, 9.17) is 21.7 Å². The Bertz CT molecular complexity index is 910. The Morgan fingerprint density at radius 1 is 0.793 bits per heavy atom. The third kappa shape index (κ3) is 5.33. The smallest absolute Gasteiger partial charge is 0.257 e. The highest BCUT2D eigenvalue weighted by Crippen LogP contribution is 2.26. The molecule has 148 valence electrons. The van der Waals surface area contributed by atoms with Crippen LogP contribution in [0, 0.1) is 0 Å². The van der Waals surface area contributed by atoms with Crippen LogP contribution in [-0.2, 0) is 0 Å². The van der Waals surface area contributed by atoms with Crippen molar-refractivity contribution in [2.24, 2.45) is 0 Å². The lowest BCUT2D eigenvalue weighted by Crippen LogP contribution is -2.41. The Kier molecular flexibility index (Phi) is 6.81. The maximum atomic E-state index is 12.4. The average Bonchev–Trinajstić information content (AvgIpc) is 2.78. The summed E-state index contributed by atoms with van der Waals surface area (Å²) in [4.78, 5) is 12.4. The van der Waals surface area contributed by atoms with Gasteiger partial charge in [-0.2, -0.15) is 0 Å². The van der Waals surface area contributed by atoms with Crippen molar-refractivity contribution in [1.29, 1.82) is 0 Å². The lowest BCUT2D eigenvalue weighted by atomic mass is 9.98. The first-order chi connectivity index (χ1) is 14.1. The fourth-order valence-corrected chi connectivity index (χ4v) is 3.09. The number of methoxy groups -OCH3 is 2. The second-order valence-electron chi connectivity index (χ2n) is 6.27. The third-order valence-corrected chi connectivity index (χ3v) is 4.66. The van der Waals surface area contributed by atoms with Crippen LogP contribution in [0.15, 0.2) is 78.9 Å². The molecule has 0 fully saturated rings. The Balaban J connectivity index is 1.81. The van der Waals surface area contributed by atoms with Gasteiger partial charge >= 0.3 is 0 Å². The van der Waals surface area contributed by atoms with Gasteiger partial charge in [-0.1, -0.05) is 42.5 Å². The van der Waals surface area contributed by atoms with Gasteiger partial charge in [0.25, 0.3) is 5.91 Å². The van der Waals surface area contributed by atoms with Gasteiger partial charge in [-0.05, 0) is 59.7 Å². The van der Waals surface area contributed by atoms with Gasteiger partial charge in [0.1, 0.15) is 11.5 Å². The quantitative estimate of drug-likeness (QED) is 0.604. The van der Waals surface area contributed by atoms with Gasteiger partial charge in [-0.3, -0.25) is 10.1 Å². The zero-order chi connectivity index (χ0) is 20.6. The van der Waals surface area contributed by atoms with Crippen LogP contribution in [0.2, 0.25) is 0 Å². The van der Waals surface area contributed by atoms with Crippen LogP contribution < -0.4 is 20.1 Å². The fraction of sp³-hybridized carbons (Fsp3) is 0.130. The highest BCUT2D eigenvalue weighted by atomic mass is 32.1. The topological polar surface area (TPSA) is 59.6 Å². The molecule has 1 amide bonds. The number of thiocarbonyl (C=S) groups is 1. The van der Waals surface area contributed by atoms with Crippen LogP contribution in [-0.4, -0.2) is 25.2 Å². The van der Waals surface area contributed by atoms with Crippen molar-refractivity contribution in [3.8, 4) is 11.5 Å². The molecule has 5 nitrogen and oxygen atoms in total. The van der Waals surface area contributed by atoms with Gasteiger partial charge in [0, 0.05) is 5.56 Å². The summed E-state index contributed by atoms with van der Waals surface area (Å²) in [5.41, 5.74) is 2.50. The van der Waals surface area contributed by atoms with Gasteiger partial charge in [0.15, 0.2) is 5.11 Å². The maximum absolute atomic E-state index is 12.4. The van der Waals surface area contributed by atoms with Crippen LogP contribution in [0.1, 0.15) is 27.5 Å². The number of carbonyl (C=O) groups is 1. The van der Waals surface area contributed by atoms with Gasteiger partial charge in [-0.25, -0.2) is 0 Å². The predicted octanol–water partition coefficient (Wildman–Crippen LogP) is 4.10. The number of carbonyl (C=O) groups excluding carboxylic acids is 1. The van der Waals surface area contributed by atoms with Crippen molar-refractivity contribution in [3.63, 3.8) is 0 Å². The Labute approximate surface area is 175 Å². The van der Waals surface area contributed by atoms with Crippen molar-refractivity contribution in [3.05, 3.63) is 95.6 Å². The van der Waals surface area contributed by atoms with Gasteiger partial charge in [-0.15, -0.1) is 0 Å². The number of nitrogens with one attached hydrogen (secondary N) is 2. The van der Waals surface area contributed by atoms with Gasteiger partial charge in [0.05, 0.1) is 20.3 Å². The highest BCUT2D eigenvalue weighted by Gasteiger charge is 2.17. The molecule has 0 aliphatic rings. The number of hydrogen-bond donors (Lipinski definition) is 2. The zero-order valence-corrected chi connectivity index (χ0v) is 17.0. The van der Waals surface area contributed by atoms with Gasteiger partial charge in [0.2, 0.25) is 0 Å². The molecule has 0 aliphatic heterocycles. The van der Waals surface area contributed by atoms with Gasteiger partial charge < -0.3 is 14.8 Å². The van der Waals surface area contributed by atoms with E-state index in [9.17, 15) is 4.79 Å². The molecule has 3 aromatic rings. The molecule has 0 saturated heterocycles. The molecule has 6 heteroatoms. The molecule has 3 aromatic carbocycles. The number of rotatable bonds is 6. The lowest BCUT2D eigenvalue weighted by Gasteiger charge is -2.22. The maximum Gasteiger partial charge on any atom is 0.257 e. The predicted molar refractivity (Wildman–Crippen MR) is 117 cm³/mol. The van der Waals surface area contributed by atoms with E-state index in [1.165, 1.54) is 0 Å². The molecule has 0 aliphatic carbocycles. The molecule has 29 heavy (non-hydrogen) atoms. The molecule has 0 unspecified atom stereocenters. The summed E-state index contributed by atoms with van der Waals surface area (Å²) >= 11 is 5.41. The summed E-state index contributed by atoms with van der Waals surface area (Å²) in [5.74, 6) is 1.27. The van der Waals surface area contributed by atoms with Crippen molar-refractivity contribution < 1.29 is 14.3 Å². The summed E-state index contributed by atoms with van der Waals surface area (Å²) in [6.45, 7) is 0. The zero-order valence-electron chi connectivity index (χ0n) is 16.2. The fourth-order valence-electron chi connectivity index (χ4n) is 2.88. The summed E-state index contributed by atoms with van der Waals surface area (Å²) < 4.78 is 10.5. The molecular weight excluding hydrogens is 384 g/mol. The normalized spacial score (nSPS) is 10.3. The van der Waals surface area contributed by atoms with E-state index in [-0.39, 0.29) is 17.1 Å². The Morgan fingerprint density at radius 2 is 1.28 bits per heavy atom. The molecule has 0 aromatic heterocycles. The minimum absolute atomic E-state index is 0.246. The number of benzene rings is 3. The standard InChI is InChI=1S/C23H22N2O3S/c1-27-19-12-8-16(9-13-19)21(17-10-14-20(28-2)15-11-17)24-23(29)25-22(26)18-6-4-3-5-7-18/h3-15,21H,1-2H3,(H2,24,25,26,29). The first-order valence-corrected chi connectivity index (χ1v) is 9.46. The molecule has 0 saturated carbocycles. The largest absolute Gasteiger partial charge is 0.497 e. The SMILES string of the molecule is COc1ccc(C(NC(=S)NC(=O)c2ccccc2)c2ccc(OC)cc2)cc1. The highest BCUT2D eigenvalue weighted by molar-refractivity contribution is 7.80. The molecular formula is C23H22N2O3S. The van der Waals surface area contributed by atoms with E-state index < -0.39 is 0 Å². The Morgan fingerprint density at radius 3 is 1.72 bits per heavy atom. The lowest BCUT2D eigenvalue weighted by molar-refractivity contribution is 0.0976. The summed E-state index contributed by atoms with van der Waals surface area (Å²) in [6.07, 6.45) is 0. The minimum Gasteiger partial charge on any atom is -0.497 e. The minimum atomic E-state index is -0.258. The van der Waals surface area contributed by atoms with Crippen LogP contribution in [0.4, 0.5) is 0 Å². The number of ether oxygens (including phenoxy) is 2. The van der Waals surface area contributed by atoms with E-state index in [0.717, 1.165) is 22.6 Å². The van der Waals surface area contributed by atoms with Crippen LogP contribution in [0.3, 0.4) is 0 Å². The second-order valence-corrected chi connectivity index (χ2v) is 6.68. The monoisotopic (exact) mass is 406 g/mol. The van der Waals surface area contributed by atoms with Crippen LogP contribution in [0.5, 0.6) is 11.5 Å². The summed E-state index contributed by atoms with van der Waals surface area (Å²) in [5, 5.41) is 6.23. The van der Waals surface area contributed by atoms with E-state index in [1.54, 1.807) is 26.4 Å². The average molecular weight is 407 g/mol. The molecule has 0 spiro atoms. The van der Waals surface area contributed by atoms with E-state index in [1.807, 2.05) is 66.7 Å². The number of amides is 1. The van der Waals surface area contributed by atoms with Crippen molar-refractivity contribution in [2.75, 3.05) is 14.2 Å². The molecule has 0 atom stereocenters. The molecule has 0 heterocycles. The first kappa shape index (κ1) is 20.4. The van der Waals surface area contributed by atoms with Crippen molar-refractivity contribution >= 4 is 23.2 Å². The summed E-state index contributed by atoms with van der Waals surface area (Å²) in [6, 6.07) is 24.1. The van der Waals surface area contributed by atoms with Crippen molar-refractivity contribution in [1.82, 2.24) is 10.6 Å². The van der Waals surface area contributed by atoms with E-state index >= 15 is 0 Å². The molecule has 2 N–H and O–H groups in total. The molecule has 0 bridgehead atoms. The molecule has 0 radical (unpaired) electrons. The third-order valence-electron chi connectivity index (χ3n) is 4.44. The Hall–Kier alpha value is -3.38. The van der Waals surface area contributed by atoms with Crippen LogP contribution >= 0.6 is 12.2 Å². The van der Waals surface area contributed by atoms with E-state index in [2.05, 4.69) is 10.6 Å². The van der Waals surface area contributed by atoms with Crippen LogP contribution in [0.25, 0.3) is 0 Å². The first-order valence-electron chi connectivity index (χ1n) is 9.05.